The van der Waals surface area contributed by atoms with E-state index in [9.17, 15) is 0 Å². The molecule has 0 spiro atoms. The molecule has 0 saturated heterocycles. The summed E-state index contributed by atoms with van der Waals surface area (Å²) in [6, 6.07) is 15.1. The van der Waals surface area contributed by atoms with Gasteiger partial charge in [0.1, 0.15) is 11.5 Å². The second-order valence-electron chi connectivity index (χ2n) is 5.01. The second kappa shape index (κ2) is 7.87. The Hall–Kier alpha value is -3.48. The molecule has 0 saturated carbocycles. The quantitative estimate of drug-likeness (QED) is 0.551. The van der Waals surface area contributed by atoms with Crippen LogP contribution >= 0.6 is 0 Å². The highest BCUT2D eigenvalue weighted by molar-refractivity contribution is 5.83. The molecule has 1 heterocycles. The molecule has 0 aliphatic carbocycles. The van der Waals surface area contributed by atoms with Gasteiger partial charge in [0.25, 0.3) is 5.95 Å². The minimum Gasteiger partial charge on any atom is -0.497 e. The Labute approximate surface area is 145 Å². The summed E-state index contributed by atoms with van der Waals surface area (Å²) in [5, 5.41) is 12.0. The van der Waals surface area contributed by atoms with Crippen LogP contribution in [0.5, 0.6) is 11.5 Å². The second-order valence-corrected chi connectivity index (χ2v) is 5.01. The molecule has 3 rings (SSSR count). The molecule has 1 aromatic heterocycles. The van der Waals surface area contributed by atoms with Gasteiger partial charge in [-0.05, 0) is 36.4 Å². The van der Waals surface area contributed by atoms with Crippen LogP contribution in [0.4, 0.5) is 5.95 Å². The Balaban J connectivity index is 1.74. The highest BCUT2D eigenvalue weighted by atomic mass is 16.5. The fourth-order valence-corrected chi connectivity index (χ4v) is 2.18. The van der Waals surface area contributed by atoms with Crippen molar-refractivity contribution in [1.82, 2.24) is 15.2 Å². The molecule has 7 nitrogen and oxygen atoms in total. The van der Waals surface area contributed by atoms with E-state index < -0.39 is 0 Å². The molecular weight excluding hydrogens is 318 g/mol. The summed E-state index contributed by atoms with van der Waals surface area (Å²) in [6.07, 6.45) is 3.24. The molecule has 0 radical (unpaired) electrons. The van der Waals surface area contributed by atoms with Gasteiger partial charge in [0.2, 0.25) is 0 Å². The summed E-state index contributed by atoms with van der Waals surface area (Å²) in [4.78, 5) is 4.40. The Morgan fingerprint density at radius 3 is 2.56 bits per heavy atom. The van der Waals surface area contributed by atoms with E-state index in [-0.39, 0.29) is 0 Å². The van der Waals surface area contributed by atoms with Gasteiger partial charge in [0.05, 0.1) is 32.3 Å². The number of ether oxygens (including phenoxy) is 2. The van der Waals surface area contributed by atoms with Crippen LogP contribution < -0.4 is 14.9 Å². The van der Waals surface area contributed by atoms with Gasteiger partial charge in [-0.2, -0.15) is 10.2 Å². The molecular formula is C18H17N5O2. The molecule has 3 aromatic rings. The zero-order valence-electron chi connectivity index (χ0n) is 13.9. The molecule has 0 bridgehead atoms. The van der Waals surface area contributed by atoms with Gasteiger partial charge in [0.15, 0.2) is 0 Å². The molecule has 7 heteroatoms. The molecule has 2 aromatic carbocycles. The van der Waals surface area contributed by atoms with Gasteiger partial charge in [-0.1, -0.05) is 12.1 Å². The van der Waals surface area contributed by atoms with Crippen molar-refractivity contribution in [3.63, 3.8) is 0 Å². The van der Waals surface area contributed by atoms with Crippen LogP contribution in [0.25, 0.3) is 11.3 Å². The van der Waals surface area contributed by atoms with Gasteiger partial charge in [-0.15, -0.1) is 5.10 Å². The minimum absolute atomic E-state index is 0.305. The summed E-state index contributed by atoms with van der Waals surface area (Å²) in [6.45, 7) is 0. The lowest BCUT2D eigenvalue weighted by atomic mass is 10.1. The molecule has 0 aliphatic rings. The average molecular weight is 335 g/mol. The molecule has 25 heavy (non-hydrogen) atoms. The number of rotatable bonds is 6. The first-order chi connectivity index (χ1) is 12.3. The van der Waals surface area contributed by atoms with Gasteiger partial charge in [0, 0.05) is 11.1 Å². The number of benzene rings is 2. The van der Waals surface area contributed by atoms with Gasteiger partial charge in [-0.3, -0.25) is 0 Å². The van der Waals surface area contributed by atoms with Crippen molar-refractivity contribution in [3.05, 3.63) is 60.3 Å². The van der Waals surface area contributed by atoms with Crippen molar-refractivity contribution < 1.29 is 9.47 Å². The third-order valence-electron chi connectivity index (χ3n) is 3.45. The fraction of sp³-hybridized carbons (Fsp3) is 0.111. The predicted molar refractivity (Wildman–Crippen MR) is 96.0 cm³/mol. The molecule has 0 fully saturated rings. The van der Waals surface area contributed by atoms with Crippen molar-refractivity contribution in [2.75, 3.05) is 19.6 Å². The number of nitrogens with one attached hydrogen (secondary N) is 1. The maximum Gasteiger partial charge on any atom is 0.263 e. The Morgan fingerprint density at radius 2 is 1.80 bits per heavy atom. The number of anilines is 1. The topological polar surface area (TPSA) is 81.5 Å². The zero-order valence-corrected chi connectivity index (χ0v) is 13.9. The van der Waals surface area contributed by atoms with Gasteiger partial charge < -0.3 is 9.47 Å². The standard InChI is InChI=1S/C18H17N5O2/c1-24-15-9-7-13(8-10-15)16-12-20-23-18(21-16)22-19-11-14-5-3-4-6-17(14)25-2/h3-12H,1-2H3,(H,21,22,23)/b19-11-. The first kappa shape index (κ1) is 16.4. The van der Waals surface area contributed by atoms with Crippen LogP contribution in [-0.2, 0) is 0 Å². The lowest BCUT2D eigenvalue weighted by Crippen LogP contribution is -2.00. The van der Waals surface area contributed by atoms with Crippen LogP contribution in [0.15, 0.2) is 59.8 Å². The Morgan fingerprint density at radius 1 is 1.00 bits per heavy atom. The lowest BCUT2D eigenvalue weighted by Gasteiger charge is -2.04. The van der Waals surface area contributed by atoms with Crippen LogP contribution in [0.3, 0.4) is 0 Å². The summed E-state index contributed by atoms with van der Waals surface area (Å²) in [7, 11) is 3.24. The SMILES string of the molecule is COc1ccc(-c2cnnc(N/N=C\c3ccccc3OC)n2)cc1. The van der Waals surface area contributed by atoms with Gasteiger partial charge >= 0.3 is 0 Å². The normalized spacial score (nSPS) is 10.6. The van der Waals surface area contributed by atoms with Crippen molar-refractivity contribution in [2.24, 2.45) is 5.10 Å². The van der Waals surface area contributed by atoms with Crippen LogP contribution in [0.1, 0.15) is 5.56 Å². The zero-order chi connectivity index (χ0) is 17.5. The molecule has 1 N–H and O–H groups in total. The van der Waals surface area contributed by atoms with E-state index in [1.54, 1.807) is 26.6 Å². The average Bonchev–Trinajstić information content (AvgIpc) is 2.69. The number of hydrazone groups is 1. The maximum absolute atomic E-state index is 5.27. The first-order valence-corrected chi connectivity index (χ1v) is 7.56. The predicted octanol–water partition coefficient (Wildman–Crippen LogP) is 3.00. The summed E-state index contributed by atoms with van der Waals surface area (Å²) >= 11 is 0. The molecule has 126 valence electrons. The van der Waals surface area contributed by atoms with Crippen LogP contribution in [-0.4, -0.2) is 35.6 Å². The third kappa shape index (κ3) is 4.08. The van der Waals surface area contributed by atoms with Crippen LogP contribution in [0.2, 0.25) is 0 Å². The number of para-hydroxylation sites is 1. The van der Waals surface area contributed by atoms with E-state index in [4.69, 9.17) is 9.47 Å². The number of nitrogens with zero attached hydrogens (tertiary/aromatic N) is 4. The Kier molecular flexibility index (Phi) is 5.16. The Bertz CT molecular complexity index is 865. The van der Waals surface area contributed by atoms with Gasteiger partial charge in [-0.25, -0.2) is 10.4 Å². The summed E-state index contributed by atoms with van der Waals surface area (Å²) in [5.74, 6) is 1.82. The monoisotopic (exact) mass is 335 g/mol. The minimum atomic E-state index is 0.305. The van der Waals surface area contributed by atoms with E-state index in [1.807, 2.05) is 48.5 Å². The third-order valence-corrected chi connectivity index (χ3v) is 3.45. The van der Waals surface area contributed by atoms with Crippen LogP contribution in [0, 0.1) is 0 Å². The molecule has 0 aliphatic heterocycles. The smallest absolute Gasteiger partial charge is 0.263 e. The summed E-state index contributed by atoms with van der Waals surface area (Å²) in [5.41, 5.74) is 5.22. The highest BCUT2D eigenvalue weighted by Crippen LogP contribution is 2.20. The largest absolute Gasteiger partial charge is 0.497 e. The highest BCUT2D eigenvalue weighted by Gasteiger charge is 2.03. The molecule has 0 unspecified atom stereocenters. The van der Waals surface area contributed by atoms with Crippen molar-refractivity contribution in [1.29, 1.82) is 0 Å². The maximum atomic E-state index is 5.27. The van der Waals surface area contributed by atoms with Crippen molar-refractivity contribution in [3.8, 4) is 22.8 Å². The number of methoxy groups -OCH3 is 2. The van der Waals surface area contributed by atoms with E-state index in [1.165, 1.54) is 0 Å². The number of hydrogen-bond acceptors (Lipinski definition) is 7. The number of hydrogen-bond donors (Lipinski definition) is 1. The van der Waals surface area contributed by atoms with Crippen molar-refractivity contribution >= 4 is 12.2 Å². The first-order valence-electron chi connectivity index (χ1n) is 7.56. The van der Waals surface area contributed by atoms with E-state index >= 15 is 0 Å². The van der Waals surface area contributed by atoms with E-state index in [0.717, 1.165) is 22.6 Å². The summed E-state index contributed by atoms with van der Waals surface area (Å²) < 4.78 is 10.4. The fourth-order valence-electron chi connectivity index (χ4n) is 2.18. The van der Waals surface area contributed by atoms with E-state index in [2.05, 4.69) is 25.7 Å². The van der Waals surface area contributed by atoms with E-state index in [0.29, 0.717) is 11.6 Å². The molecule has 0 atom stereocenters. The van der Waals surface area contributed by atoms with Crippen molar-refractivity contribution in [2.45, 2.75) is 0 Å². The lowest BCUT2D eigenvalue weighted by molar-refractivity contribution is 0.414. The number of aromatic nitrogens is 3. The molecule has 0 amide bonds.